The maximum absolute atomic E-state index is 6.12. The molecule has 0 spiro atoms. The summed E-state index contributed by atoms with van der Waals surface area (Å²) in [6.45, 7) is 6.66. The van der Waals surface area contributed by atoms with Crippen molar-refractivity contribution >= 4 is 22.5 Å². The molecule has 0 fully saturated rings. The number of hydrogen-bond donors (Lipinski definition) is 0. The van der Waals surface area contributed by atoms with Crippen LogP contribution >= 0.6 is 11.6 Å². The number of aryl methyl sites for hydroxylation is 1. The van der Waals surface area contributed by atoms with E-state index >= 15 is 0 Å². The van der Waals surface area contributed by atoms with Crippen molar-refractivity contribution in [3.63, 3.8) is 0 Å². The number of aromatic nitrogens is 1. The molecule has 2 rings (SSSR count). The monoisotopic (exact) mass is 221 g/mol. The number of benzene rings is 1. The maximum Gasteiger partial charge on any atom is 0.0661 e. The van der Waals surface area contributed by atoms with Crippen LogP contribution in [0.3, 0.4) is 0 Å². The van der Waals surface area contributed by atoms with Gasteiger partial charge in [0.25, 0.3) is 0 Å². The first-order valence-corrected chi connectivity index (χ1v) is 5.52. The third-order valence-electron chi connectivity index (χ3n) is 2.81. The smallest absolute Gasteiger partial charge is 0.0661 e. The highest BCUT2D eigenvalue weighted by Crippen LogP contribution is 2.30. The van der Waals surface area contributed by atoms with Crippen LogP contribution in [0.1, 0.15) is 26.3 Å². The Hall–Kier alpha value is -0.950. The average molecular weight is 222 g/mol. The van der Waals surface area contributed by atoms with Crippen molar-refractivity contribution in [1.29, 1.82) is 0 Å². The molecule has 0 aliphatic rings. The van der Waals surface area contributed by atoms with Crippen molar-refractivity contribution in [3.05, 3.63) is 35.0 Å². The fourth-order valence-electron chi connectivity index (χ4n) is 1.80. The van der Waals surface area contributed by atoms with Crippen molar-refractivity contribution < 1.29 is 0 Å². The first-order valence-electron chi connectivity index (χ1n) is 5.14. The number of hydrogen-bond acceptors (Lipinski definition) is 0. The average Bonchev–Trinajstić information content (AvgIpc) is 2.41. The van der Waals surface area contributed by atoms with Gasteiger partial charge < -0.3 is 4.57 Å². The Balaban J connectivity index is 2.71. The zero-order valence-corrected chi connectivity index (χ0v) is 10.4. The third-order valence-corrected chi connectivity index (χ3v) is 3.11. The molecule has 0 atom stereocenters. The number of rotatable bonds is 0. The molecule has 0 saturated carbocycles. The summed E-state index contributed by atoms with van der Waals surface area (Å²) < 4.78 is 2.08. The van der Waals surface area contributed by atoms with Crippen molar-refractivity contribution in [1.82, 2.24) is 4.57 Å². The Bertz CT molecular complexity index is 503. The quantitative estimate of drug-likeness (QED) is 0.631. The highest BCUT2D eigenvalue weighted by molar-refractivity contribution is 6.35. The summed E-state index contributed by atoms with van der Waals surface area (Å²) in [7, 11) is 2.03. The molecule has 2 aromatic rings. The molecule has 0 amide bonds. The van der Waals surface area contributed by atoms with Gasteiger partial charge in [0, 0.05) is 24.1 Å². The van der Waals surface area contributed by atoms with Gasteiger partial charge in [-0.25, -0.2) is 0 Å². The van der Waals surface area contributed by atoms with Gasteiger partial charge >= 0.3 is 0 Å². The van der Waals surface area contributed by atoms with E-state index in [9.17, 15) is 0 Å². The lowest BCUT2D eigenvalue weighted by Gasteiger charge is -2.19. The van der Waals surface area contributed by atoms with E-state index in [1.807, 2.05) is 13.2 Å². The van der Waals surface area contributed by atoms with E-state index in [-0.39, 0.29) is 5.41 Å². The van der Waals surface area contributed by atoms with E-state index in [2.05, 4.69) is 43.5 Å². The second-order valence-electron chi connectivity index (χ2n) is 5.07. The Kier molecular flexibility index (Phi) is 2.31. The normalized spacial score (nSPS) is 12.3. The predicted molar refractivity (Wildman–Crippen MR) is 66.6 cm³/mol. The van der Waals surface area contributed by atoms with Crippen LogP contribution in [0, 0.1) is 0 Å². The molecule has 1 nitrogen and oxygen atoms in total. The van der Waals surface area contributed by atoms with Crippen molar-refractivity contribution in [3.8, 4) is 0 Å². The Morgan fingerprint density at radius 2 is 1.87 bits per heavy atom. The van der Waals surface area contributed by atoms with E-state index in [0.717, 1.165) is 10.4 Å². The predicted octanol–water partition coefficient (Wildman–Crippen LogP) is 4.13. The van der Waals surface area contributed by atoms with Gasteiger partial charge in [-0.3, -0.25) is 0 Å². The van der Waals surface area contributed by atoms with Crippen LogP contribution in [-0.2, 0) is 12.5 Å². The summed E-state index contributed by atoms with van der Waals surface area (Å²) in [5.41, 5.74) is 2.73. The van der Waals surface area contributed by atoms with Gasteiger partial charge in [0.2, 0.25) is 0 Å². The zero-order chi connectivity index (χ0) is 11.2. The van der Waals surface area contributed by atoms with Crippen LogP contribution in [0.2, 0.25) is 5.02 Å². The second-order valence-corrected chi connectivity index (χ2v) is 5.48. The highest BCUT2D eigenvalue weighted by Gasteiger charge is 2.15. The summed E-state index contributed by atoms with van der Waals surface area (Å²) in [5, 5.41) is 1.96. The molecule has 1 aromatic carbocycles. The largest absolute Gasteiger partial charge is 0.349 e. The van der Waals surface area contributed by atoms with Crippen molar-refractivity contribution in [2.75, 3.05) is 0 Å². The molecular formula is C13H16ClN. The van der Waals surface area contributed by atoms with Gasteiger partial charge in [-0.1, -0.05) is 44.5 Å². The lowest BCUT2D eigenvalue weighted by Crippen LogP contribution is -2.10. The van der Waals surface area contributed by atoms with Crippen LogP contribution < -0.4 is 0 Å². The lowest BCUT2D eigenvalue weighted by atomic mass is 9.87. The fraction of sp³-hybridized carbons (Fsp3) is 0.385. The van der Waals surface area contributed by atoms with E-state index in [1.165, 1.54) is 11.1 Å². The van der Waals surface area contributed by atoms with Gasteiger partial charge in [-0.2, -0.15) is 0 Å². The van der Waals surface area contributed by atoms with E-state index in [1.54, 1.807) is 0 Å². The molecule has 0 radical (unpaired) electrons. The van der Waals surface area contributed by atoms with Crippen LogP contribution in [-0.4, -0.2) is 4.57 Å². The number of fused-ring (bicyclic) bond motifs is 1. The minimum Gasteiger partial charge on any atom is -0.349 e. The Labute approximate surface area is 95.7 Å². The molecule has 0 N–H and O–H groups in total. The molecule has 0 saturated heterocycles. The molecule has 2 heteroatoms. The topological polar surface area (TPSA) is 4.93 Å². The Morgan fingerprint density at radius 1 is 1.20 bits per heavy atom. The molecule has 1 aromatic heterocycles. The van der Waals surface area contributed by atoms with Gasteiger partial charge in [-0.15, -0.1) is 0 Å². The molecule has 80 valence electrons. The summed E-state index contributed by atoms with van der Waals surface area (Å²) in [5.74, 6) is 0. The molecule has 0 aliphatic carbocycles. The number of nitrogens with zero attached hydrogens (tertiary/aromatic N) is 1. The fourth-order valence-corrected chi connectivity index (χ4v) is 2.11. The lowest BCUT2D eigenvalue weighted by molar-refractivity contribution is 0.591. The molecule has 1 heterocycles. The zero-order valence-electron chi connectivity index (χ0n) is 9.63. The Morgan fingerprint density at radius 3 is 2.47 bits per heavy atom. The second kappa shape index (κ2) is 3.28. The highest BCUT2D eigenvalue weighted by atomic mass is 35.5. The minimum absolute atomic E-state index is 0.185. The van der Waals surface area contributed by atoms with Gasteiger partial charge in [0.15, 0.2) is 0 Å². The van der Waals surface area contributed by atoms with E-state index in [4.69, 9.17) is 11.6 Å². The van der Waals surface area contributed by atoms with Gasteiger partial charge in [-0.05, 0) is 17.0 Å². The van der Waals surface area contributed by atoms with E-state index < -0.39 is 0 Å². The molecule has 15 heavy (non-hydrogen) atoms. The van der Waals surface area contributed by atoms with E-state index in [0.29, 0.717) is 0 Å². The van der Waals surface area contributed by atoms with Crippen LogP contribution in [0.25, 0.3) is 10.9 Å². The maximum atomic E-state index is 6.12. The molecule has 0 aliphatic heterocycles. The van der Waals surface area contributed by atoms with Crippen LogP contribution in [0.15, 0.2) is 24.4 Å². The van der Waals surface area contributed by atoms with Crippen LogP contribution in [0.4, 0.5) is 0 Å². The molecule has 0 unspecified atom stereocenters. The molecular weight excluding hydrogens is 206 g/mol. The SMILES string of the molecule is Cn1cc(Cl)c2ccc(C(C)(C)C)cc21. The summed E-state index contributed by atoms with van der Waals surface area (Å²) in [6.07, 6.45) is 1.96. The molecule has 0 bridgehead atoms. The van der Waals surface area contributed by atoms with Crippen LogP contribution in [0.5, 0.6) is 0 Å². The van der Waals surface area contributed by atoms with Crippen molar-refractivity contribution in [2.24, 2.45) is 7.05 Å². The third kappa shape index (κ3) is 1.76. The summed E-state index contributed by atoms with van der Waals surface area (Å²) in [6, 6.07) is 6.49. The van der Waals surface area contributed by atoms with Gasteiger partial charge in [0.05, 0.1) is 5.02 Å². The van der Waals surface area contributed by atoms with Crippen molar-refractivity contribution in [2.45, 2.75) is 26.2 Å². The number of halogens is 1. The summed E-state index contributed by atoms with van der Waals surface area (Å²) >= 11 is 6.12. The first kappa shape index (κ1) is 10.6. The first-order chi connectivity index (χ1) is 6.89. The minimum atomic E-state index is 0.185. The summed E-state index contributed by atoms with van der Waals surface area (Å²) in [4.78, 5) is 0. The van der Waals surface area contributed by atoms with Gasteiger partial charge in [0.1, 0.15) is 0 Å². The standard InChI is InChI=1S/C13H16ClN/c1-13(2,3)9-5-6-10-11(14)8-15(4)12(10)7-9/h5-8H,1-4H3.